The highest BCUT2D eigenvalue weighted by Crippen LogP contribution is 2.59. The van der Waals surface area contributed by atoms with Gasteiger partial charge in [-0.15, -0.1) is 0 Å². The average molecular weight is 275 g/mol. The summed E-state index contributed by atoms with van der Waals surface area (Å²) in [5.41, 5.74) is 2.63. The van der Waals surface area contributed by atoms with Crippen LogP contribution in [0.4, 0.5) is 10.1 Å². The van der Waals surface area contributed by atoms with Gasteiger partial charge >= 0.3 is 0 Å². The lowest BCUT2D eigenvalue weighted by atomic mass is 10.1. The minimum atomic E-state index is -0.332. The molecule has 0 aliphatic heterocycles. The van der Waals surface area contributed by atoms with E-state index in [1.54, 1.807) is 6.07 Å². The van der Waals surface area contributed by atoms with E-state index < -0.39 is 0 Å². The van der Waals surface area contributed by atoms with Gasteiger partial charge in [0, 0.05) is 5.69 Å². The van der Waals surface area contributed by atoms with Crippen molar-refractivity contribution < 1.29 is 9.18 Å². The maximum absolute atomic E-state index is 13.3. The molecule has 1 fully saturated rings. The summed E-state index contributed by atoms with van der Waals surface area (Å²) in [5.74, 6) is -0.130. The molecule has 1 N–H and O–H groups in total. The molecule has 0 aromatic heterocycles. The van der Waals surface area contributed by atoms with E-state index in [-0.39, 0.29) is 29.0 Å². The summed E-state index contributed by atoms with van der Waals surface area (Å²) in [6.45, 7) is 10.1. The van der Waals surface area contributed by atoms with Crippen LogP contribution in [0.2, 0.25) is 0 Å². The highest BCUT2D eigenvalue weighted by molar-refractivity contribution is 5.96. The van der Waals surface area contributed by atoms with E-state index in [2.05, 4.69) is 25.2 Å². The van der Waals surface area contributed by atoms with Gasteiger partial charge in [-0.1, -0.05) is 31.6 Å². The third-order valence-electron chi connectivity index (χ3n) is 4.16. The van der Waals surface area contributed by atoms with Crippen LogP contribution in [0.5, 0.6) is 0 Å². The molecule has 0 radical (unpaired) electrons. The number of anilines is 1. The quantitative estimate of drug-likeness (QED) is 0.818. The summed E-state index contributed by atoms with van der Waals surface area (Å²) in [6, 6.07) is 4.45. The third kappa shape index (κ3) is 2.77. The normalized spacial score (nSPS) is 23.1. The molecule has 0 spiro atoms. The van der Waals surface area contributed by atoms with E-state index in [0.29, 0.717) is 5.69 Å². The van der Waals surface area contributed by atoms with Crippen LogP contribution in [-0.2, 0) is 4.79 Å². The van der Waals surface area contributed by atoms with Crippen LogP contribution in [0, 0.1) is 30.0 Å². The lowest BCUT2D eigenvalue weighted by Crippen LogP contribution is -2.17. The fraction of sp³-hybridized carbons (Fsp3) is 0.471. The molecule has 2 atom stereocenters. The fourth-order valence-corrected chi connectivity index (χ4v) is 2.79. The first-order valence-corrected chi connectivity index (χ1v) is 6.95. The van der Waals surface area contributed by atoms with Gasteiger partial charge in [0.1, 0.15) is 5.82 Å². The Balaban J connectivity index is 2.14. The van der Waals surface area contributed by atoms with E-state index in [0.717, 1.165) is 5.56 Å². The number of rotatable bonds is 3. The maximum atomic E-state index is 13.3. The van der Waals surface area contributed by atoms with Gasteiger partial charge in [-0.3, -0.25) is 4.79 Å². The molecule has 1 aromatic carbocycles. The molecule has 1 aliphatic carbocycles. The van der Waals surface area contributed by atoms with Gasteiger partial charge in [0.25, 0.3) is 0 Å². The summed E-state index contributed by atoms with van der Waals surface area (Å²) in [7, 11) is 0. The van der Waals surface area contributed by atoms with E-state index in [4.69, 9.17) is 0 Å². The molecule has 0 saturated heterocycles. The first-order valence-electron chi connectivity index (χ1n) is 6.95. The number of hydrogen-bond donors (Lipinski definition) is 1. The lowest BCUT2D eigenvalue weighted by Gasteiger charge is -2.09. The standard InChI is InChI=1S/C17H22FNO/c1-10(2)8-13-15(17(13,4)5)16(20)19-14-9-12(18)7-6-11(14)3/h6-9,13,15H,1-5H3,(H,19,20)/t13-,15-/m1/s1. The minimum absolute atomic E-state index is 0.0220. The molecule has 2 nitrogen and oxygen atoms in total. The topological polar surface area (TPSA) is 29.1 Å². The number of halogens is 1. The second-order valence-corrected chi connectivity index (χ2v) is 6.52. The average Bonchev–Trinajstić information content (AvgIpc) is 2.84. The van der Waals surface area contributed by atoms with Crippen molar-refractivity contribution in [3.8, 4) is 0 Å². The predicted octanol–water partition coefficient (Wildman–Crippen LogP) is 4.31. The first-order chi connectivity index (χ1) is 9.23. The fourth-order valence-electron chi connectivity index (χ4n) is 2.79. The minimum Gasteiger partial charge on any atom is -0.325 e. The lowest BCUT2D eigenvalue weighted by molar-refractivity contribution is -0.118. The van der Waals surface area contributed by atoms with Crippen molar-refractivity contribution in [2.24, 2.45) is 17.3 Å². The van der Waals surface area contributed by atoms with E-state index in [1.807, 2.05) is 20.8 Å². The Hall–Kier alpha value is -1.64. The Bertz CT molecular complexity index is 570. The second-order valence-electron chi connectivity index (χ2n) is 6.52. The van der Waals surface area contributed by atoms with Crippen molar-refractivity contribution in [2.45, 2.75) is 34.6 Å². The number of aryl methyl sites for hydroxylation is 1. The number of allylic oxidation sites excluding steroid dienone is 2. The zero-order valence-electron chi connectivity index (χ0n) is 12.8. The van der Waals surface area contributed by atoms with Crippen molar-refractivity contribution in [3.05, 3.63) is 41.2 Å². The zero-order chi connectivity index (χ0) is 15.1. The molecular weight excluding hydrogens is 253 g/mol. The van der Waals surface area contributed by atoms with Gasteiger partial charge in [0.15, 0.2) is 0 Å². The molecule has 1 aromatic rings. The highest BCUT2D eigenvalue weighted by Gasteiger charge is 2.60. The summed E-state index contributed by atoms with van der Waals surface area (Å²) < 4.78 is 13.3. The molecule has 3 heteroatoms. The molecule has 108 valence electrons. The van der Waals surface area contributed by atoms with Crippen molar-refractivity contribution in [2.75, 3.05) is 5.32 Å². The molecule has 1 aliphatic rings. The second kappa shape index (κ2) is 5.04. The maximum Gasteiger partial charge on any atom is 0.228 e. The molecule has 1 amide bonds. The van der Waals surface area contributed by atoms with Gasteiger partial charge in [-0.2, -0.15) is 0 Å². The highest BCUT2D eigenvalue weighted by atomic mass is 19.1. The summed E-state index contributed by atoms with van der Waals surface area (Å²) in [6.07, 6.45) is 2.16. The zero-order valence-corrected chi connectivity index (χ0v) is 12.8. The number of benzene rings is 1. The summed E-state index contributed by atoms with van der Waals surface area (Å²) in [5, 5.41) is 2.86. The first kappa shape index (κ1) is 14.8. The van der Waals surface area contributed by atoms with Crippen LogP contribution >= 0.6 is 0 Å². The molecule has 1 saturated carbocycles. The van der Waals surface area contributed by atoms with Crippen LogP contribution in [0.15, 0.2) is 29.8 Å². The van der Waals surface area contributed by atoms with Crippen LogP contribution in [0.1, 0.15) is 33.3 Å². The SMILES string of the molecule is CC(C)=C[C@@H]1[C@H](C(=O)Nc2cc(F)ccc2C)C1(C)C. The summed E-state index contributed by atoms with van der Waals surface area (Å²) in [4.78, 5) is 12.4. The molecule has 2 rings (SSSR count). The Kier molecular flexibility index (Phi) is 3.72. The van der Waals surface area contributed by atoms with Gasteiger partial charge in [0.05, 0.1) is 5.92 Å². The Morgan fingerprint density at radius 3 is 2.60 bits per heavy atom. The predicted molar refractivity (Wildman–Crippen MR) is 80.0 cm³/mol. The van der Waals surface area contributed by atoms with Crippen molar-refractivity contribution in [1.29, 1.82) is 0 Å². The van der Waals surface area contributed by atoms with Crippen LogP contribution in [-0.4, -0.2) is 5.91 Å². The molecule has 0 unspecified atom stereocenters. The number of hydrogen-bond acceptors (Lipinski definition) is 1. The molecule has 0 bridgehead atoms. The van der Waals surface area contributed by atoms with Crippen LogP contribution < -0.4 is 5.32 Å². The van der Waals surface area contributed by atoms with E-state index in [9.17, 15) is 9.18 Å². The largest absolute Gasteiger partial charge is 0.325 e. The Labute approximate surface area is 120 Å². The number of carbonyl (C=O) groups is 1. The molecular formula is C17H22FNO. The Morgan fingerprint density at radius 1 is 1.35 bits per heavy atom. The number of carbonyl (C=O) groups excluding carboxylic acids is 1. The van der Waals surface area contributed by atoms with Crippen LogP contribution in [0.25, 0.3) is 0 Å². The van der Waals surface area contributed by atoms with Crippen molar-refractivity contribution in [3.63, 3.8) is 0 Å². The van der Waals surface area contributed by atoms with Crippen molar-refractivity contribution >= 4 is 11.6 Å². The van der Waals surface area contributed by atoms with Gasteiger partial charge in [-0.05, 0) is 49.8 Å². The monoisotopic (exact) mass is 275 g/mol. The van der Waals surface area contributed by atoms with Gasteiger partial charge in [-0.25, -0.2) is 4.39 Å². The number of amides is 1. The smallest absolute Gasteiger partial charge is 0.228 e. The van der Waals surface area contributed by atoms with Crippen LogP contribution in [0.3, 0.4) is 0 Å². The Morgan fingerprint density at radius 2 is 2.00 bits per heavy atom. The van der Waals surface area contributed by atoms with E-state index in [1.165, 1.54) is 17.7 Å². The summed E-state index contributed by atoms with van der Waals surface area (Å²) >= 11 is 0. The number of nitrogens with one attached hydrogen (secondary N) is 1. The van der Waals surface area contributed by atoms with Gasteiger partial charge in [0.2, 0.25) is 5.91 Å². The van der Waals surface area contributed by atoms with Gasteiger partial charge < -0.3 is 5.32 Å². The van der Waals surface area contributed by atoms with Crippen molar-refractivity contribution in [1.82, 2.24) is 0 Å². The molecule has 0 heterocycles. The van der Waals surface area contributed by atoms with E-state index >= 15 is 0 Å². The molecule has 20 heavy (non-hydrogen) atoms. The third-order valence-corrected chi connectivity index (χ3v) is 4.16.